The second-order valence-electron chi connectivity index (χ2n) is 7.95. The number of carboxylic acid groups (broad SMARTS) is 1. The number of fused-ring (bicyclic) bond motifs is 1. The molecule has 4 rings (SSSR count). The fraction of sp³-hybridized carbons (Fsp3) is 0.455. The Bertz CT molecular complexity index is 1010. The minimum absolute atomic E-state index is 0.00536. The SMILES string of the molecule is Cc1ccc(C(=O)N2CC[C@H]3OCC[C@@H](C(=O)Nc4cccnc4)[C@@H]3C2)o1.O=C(O)C(F)(F)F. The number of aryl methyl sites for hydroxylation is 1. The van der Waals surface area contributed by atoms with E-state index in [0.717, 1.165) is 6.42 Å². The molecule has 0 radical (unpaired) electrons. The van der Waals surface area contributed by atoms with E-state index in [1.807, 2.05) is 13.0 Å². The van der Waals surface area contributed by atoms with E-state index in [-0.39, 0.29) is 29.8 Å². The molecule has 12 heteroatoms. The summed E-state index contributed by atoms with van der Waals surface area (Å²) < 4.78 is 43.1. The van der Waals surface area contributed by atoms with Gasteiger partial charge in [-0.1, -0.05) is 0 Å². The van der Waals surface area contributed by atoms with Crippen LogP contribution < -0.4 is 5.32 Å². The number of furan rings is 1. The number of pyridine rings is 1. The summed E-state index contributed by atoms with van der Waals surface area (Å²) in [6.45, 7) is 3.49. The summed E-state index contributed by atoms with van der Waals surface area (Å²) in [7, 11) is 0. The van der Waals surface area contributed by atoms with Crippen LogP contribution in [0.4, 0.5) is 18.9 Å². The van der Waals surface area contributed by atoms with E-state index in [1.54, 1.807) is 35.5 Å². The number of rotatable bonds is 3. The van der Waals surface area contributed by atoms with Gasteiger partial charge in [0.15, 0.2) is 5.76 Å². The highest BCUT2D eigenvalue weighted by Crippen LogP contribution is 2.34. The lowest BCUT2D eigenvalue weighted by Crippen LogP contribution is -2.53. The first-order valence-electron chi connectivity index (χ1n) is 10.5. The number of anilines is 1. The zero-order chi connectivity index (χ0) is 24.9. The van der Waals surface area contributed by atoms with Crippen molar-refractivity contribution in [3.05, 3.63) is 48.2 Å². The van der Waals surface area contributed by atoms with E-state index in [2.05, 4.69) is 10.3 Å². The molecule has 2 aliphatic rings. The summed E-state index contributed by atoms with van der Waals surface area (Å²) in [5, 5.41) is 10.1. The normalized spacial score (nSPS) is 22.1. The van der Waals surface area contributed by atoms with Crippen LogP contribution in [0, 0.1) is 18.8 Å². The summed E-state index contributed by atoms with van der Waals surface area (Å²) >= 11 is 0. The summed E-state index contributed by atoms with van der Waals surface area (Å²) in [6.07, 6.45) is -0.404. The number of carbonyl (C=O) groups excluding carboxylic acids is 2. The number of carbonyl (C=O) groups is 3. The Kier molecular flexibility index (Phi) is 7.92. The molecule has 9 nitrogen and oxygen atoms in total. The van der Waals surface area contributed by atoms with Crippen molar-refractivity contribution < 1.29 is 41.8 Å². The highest BCUT2D eigenvalue weighted by Gasteiger charge is 2.43. The van der Waals surface area contributed by atoms with Crippen LogP contribution in [0.5, 0.6) is 0 Å². The summed E-state index contributed by atoms with van der Waals surface area (Å²) in [6, 6.07) is 7.09. The van der Waals surface area contributed by atoms with Crippen molar-refractivity contribution in [1.82, 2.24) is 9.88 Å². The number of nitrogens with zero attached hydrogens (tertiary/aromatic N) is 2. The van der Waals surface area contributed by atoms with Crippen molar-refractivity contribution in [2.24, 2.45) is 11.8 Å². The molecule has 0 aliphatic carbocycles. The third kappa shape index (κ3) is 6.34. The third-order valence-corrected chi connectivity index (χ3v) is 5.62. The van der Waals surface area contributed by atoms with Gasteiger partial charge in [-0.25, -0.2) is 4.79 Å². The molecule has 34 heavy (non-hydrogen) atoms. The summed E-state index contributed by atoms with van der Waals surface area (Å²) in [5.74, 6) is -2.08. The molecule has 184 valence electrons. The van der Waals surface area contributed by atoms with Crippen molar-refractivity contribution in [1.29, 1.82) is 0 Å². The minimum Gasteiger partial charge on any atom is -0.475 e. The molecule has 2 aliphatic heterocycles. The van der Waals surface area contributed by atoms with Crippen molar-refractivity contribution >= 4 is 23.5 Å². The molecule has 4 heterocycles. The number of hydrogen-bond donors (Lipinski definition) is 2. The maximum Gasteiger partial charge on any atom is 0.490 e. The van der Waals surface area contributed by atoms with Crippen LogP contribution in [0.1, 0.15) is 29.2 Å². The lowest BCUT2D eigenvalue weighted by atomic mass is 9.79. The van der Waals surface area contributed by atoms with Crippen LogP contribution in [-0.2, 0) is 14.3 Å². The molecule has 3 atom stereocenters. The molecule has 2 N–H and O–H groups in total. The van der Waals surface area contributed by atoms with E-state index in [4.69, 9.17) is 19.1 Å². The molecule has 2 aromatic heterocycles. The Balaban J connectivity index is 0.000000406. The first-order valence-corrected chi connectivity index (χ1v) is 10.5. The molecular weight excluding hydrogens is 459 g/mol. The van der Waals surface area contributed by atoms with Crippen molar-refractivity contribution in [2.75, 3.05) is 25.0 Å². The lowest BCUT2D eigenvalue weighted by Gasteiger charge is -2.44. The molecule has 2 amide bonds. The number of likely N-dealkylation sites (tertiary alicyclic amines) is 1. The first-order chi connectivity index (χ1) is 16.1. The van der Waals surface area contributed by atoms with Gasteiger partial charge in [-0.15, -0.1) is 0 Å². The quantitative estimate of drug-likeness (QED) is 0.688. The van der Waals surface area contributed by atoms with Gasteiger partial charge in [0.25, 0.3) is 5.91 Å². The highest BCUT2D eigenvalue weighted by molar-refractivity contribution is 5.93. The van der Waals surface area contributed by atoms with Crippen LogP contribution in [-0.4, -0.2) is 64.8 Å². The number of piperidine rings is 1. The average molecular weight is 483 g/mol. The van der Waals surface area contributed by atoms with E-state index < -0.39 is 12.1 Å². The predicted octanol–water partition coefficient (Wildman–Crippen LogP) is 3.12. The minimum atomic E-state index is -5.08. The number of amides is 2. The summed E-state index contributed by atoms with van der Waals surface area (Å²) in [5.41, 5.74) is 0.681. The van der Waals surface area contributed by atoms with Crippen LogP contribution >= 0.6 is 0 Å². The number of ether oxygens (including phenoxy) is 1. The van der Waals surface area contributed by atoms with Crippen LogP contribution in [0.25, 0.3) is 0 Å². The molecule has 0 bridgehead atoms. The predicted molar refractivity (Wildman–Crippen MR) is 112 cm³/mol. The van der Waals surface area contributed by atoms with Crippen LogP contribution in [0.15, 0.2) is 41.1 Å². The highest BCUT2D eigenvalue weighted by atomic mass is 19.4. The standard InChI is InChI=1S/C20H23N3O4.C2HF3O2/c1-13-4-5-18(27-13)20(25)23-9-6-17-16(12-23)15(7-10-26-17)19(24)22-14-3-2-8-21-11-14;3-2(4,5)1(6)7/h2-5,8,11,15-17H,6-7,9-10,12H2,1H3,(H,22,24);(H,6,7)/t15-,16+,17-;/m1./s1. The van der Waals surface area contributed by atoms with Crippen molar-refractivity contribution in [3.63, 3.8) is 0 Å². The Morgan fingerprint density at radius 3 is 2.53 bits per heavy atom. The van der Waals surface area contributed by atoms with Crippen LogP contribution in [0.3, 0.4) is 0 Å². The first kappa shape index (κ1) is 25.2. The molecule has 0 saturated carbocycles. The Hall–Kier alpha value is -3.41. The number of halogens is 3. The fourth-order valence-electron chi connectivity index (χ4n) is 4.00. The monoisotopic (exact) mass is 483 g/mol. The maximum atomic E-state index is 12.9. The van der Waals surface area contributed by atoms with Gasteiger partial charge in [-0.05, 0) is 44.0 Å². The van der Waals surface area contributed by atoms with Crippen molar-refractivity contribution in [2.45, 2.75) is 32.0 Å². The molecular formula is C22H24F3N3O6. The number of aromatic nitrogens is 1. The number of alkyl halides is 3. The smallest absolute Gasteiger partial charge is 0.475 e. The van der Waals surface area contributed by atoms with Gasteiger partial charge in [0.05, 0.1) is 18.0 Å². The van der Waals surface area contributed by atoms with Gasteiger partial charge >= 0.3 is 12.1 Å². The Labute approximate surface area is 192 Å². The van der Waals surface area contributed by atoms with E-state index in [0.29, 0.717) is 43.3 Å². The van der Waals surface area contributed by atoms with Gasteiger partial charge in [0.2, 0.25) is 5.91 Å². The topological polar surface area (TPSA) is 122 Å². The van der Waals surface area contributed by atoms with Crippen LogP contribution in [0.2, 0.25) is 0 Å². The second kappa shape index (κ2) is 10.7. The molecule has 2 saturated heterocycles. The molecule has 0 aromatic carbocycles. The largest absolute Gasteiger partial charge is 0.490 e. The lowest BCUT2D eigenvalue weighted by molar-refractivity contribution is -0.192. The maximum absolute atomic E-state index is 12.9. The molecule has 2 aromatic rings. The number of nitrogens with one attached hydrogen (secondary N) is 1. The average Bonchev–Trinajstić information content (AvgIpc) is 3.24. The summed E-state index contributed by atoms with van der Waals surface area (Å²) in [4.78, 5) is 40.3. The fourth-order valence-corrected chi connectivity index (χ4v) is 4.00. The zero-order valence-electron chi connectivity index (χ0n) is 18.2. The van der Waals surface area contributed by atoms with Gasteiger partial charge < -0.3 is 24.5 Å². The molecule has 2 fully saturated rings. The Morgan fingerprint density at radius 2 is 1.94 bits per heavy atom. The number of aliphatic carboxylic acids is 1. The van der Waals surface area contributed by atoms with Gasteiger partial charge in [0.1, 0.15) is 5.76 Å². The van der Waals surface area contributed by atoms with Gasteiger partial charge in [-0.2, -0.15) is 13.2 Å². The zero-order valence-corrected chi connectivity index (χ0v) is 18.2. The molecule has 0 unspecified atom stereocenters. The van der Waals surface area contributed by atoms with Gasteiger partial charge in [-0.3, -0.25) is 14.6 Å². The van der Waals surface area contributed by atoms with Crippen molar-refractivity contribution in [3.8, 4) is 0 Å². The third-order valence-electron chi connectivity index (χ3n) is 5.62. The van der Waals surface area contributed by atoms with Gasteiger partial charge in [0, 0.05) is 37.7 Å². The van der Waals surface area contributed by atoms with E-state index in [9.17, 15) is 22.8 Å². The van der Waals surface area contributed by atoms with E-state index >= 15 is 0 Å². The number of hydrogen-bond acceptors (Lipinski definition) is 6. The number of carboxylic acids is 1. The molecule has 0 spiro atoms. The Morgan fingerprint density at radius 1 is 1.21 bits per heavy atom. The van der Waals surface area contributed by atoms with E-state index in [1.165, 1.54) is 0 Å². The second-order valence-corrected chi connectivity index (χ2v) is 7.95.